The van der Waals surface area contributed by atoms with Crippen LogP contribution in [0.25, 0.3) is 0 Å². The summed E-state index contributed by atoms with van der Waals surface area (Å²) < 4.78 is 5.52. The van der Waals surface area contributed by atoms with Crippen molar-refractivity contribution in [3.05, 3.63) is 71.3 Å². The maximum atomic E-state index is 14.0. The molecular formula is C38H54N4O4. The van der Waals surface area contributed by atoms with Crippen LogP contribution in [0, 0.1) is 11.8 Å². The number of likely N-dealkylation sites (tertiary alicyclic amines) is 1. The summed E-state index contributed by atoms with van der Waals surface area (Å²) in [6.07, 6.45) is 10.9. The lowest BCUT2D eigenvalue weighted by molar-refractivity contribution is -0.132. The molecule has 2 aromatic rings. The van der Waals surface area contributed by atoms with Crippen LogP contribution in [0.5, 0.6) is 0 Å². The molecule has 0 aromatic heterocycles. The lowest BCUT2D eigenvalue weighted by Crippen LogP contribution is -2.61. The molecule has 5 rings (SSSR count). The van der Waals surface area contributed by atoms with Crippen molar-refractivity contribution in [1.82, 2.24) is 20.9 Å². The van der Waals surface area contributed by atoms with Crippen LogP contribution in [-0.4, -0.2) is 73.6 Å². The number of nitrogens with one attached hydrogen (secondary N) is 3. The molecule has 3 fully saturated rings. The monoisotopic (exact) mass is 630 g/mol. The standard InChI is InChI=1S/C38H54N4O4/c1-2-3-9-29-12-14-33(15-13-29)35(43)41-38(20-7-8-21-38)37(45)40-34(26-30-10-5-4-6-11-30)36(44)39-27-31-16-22-42(23-17-31)28-32-18-24-46-25-19-32/h4-6,10-15,31-32,34H,2-3,7-9,16-28H2,1H3,(H,39,44)(H,40,45)(H,41,43)/t34-/m0/s1. The average Bonchev–Trinajstić information content (AvgIpc) is 3.57. The van der Waals surface area contributed by atoms with Crippen molar-refractivity contribution in [3.8, 4) is 0 Å². The summed E-state index contributed by atoms with van der Waals surface area (Å²) in [7, 11) is 0. The molecule has 1 atom stereocenters. The molecule has 0 bridgehead atoms. The normalized spacial score (nSPS) is 19.8. The third-order valence-electron chi connectivity index (χ3n) is 10.3. The highest BCUT2D eigenvalue weighted by molar-refractivity contribution is 6.00. The maximum Gasteiger partial charge on any atom is 0.252 e. The van der Waals surface area contributed by atoms with E-state index in [0.29, 0.717) is 37.3 Å². The van der Waals surface area contributed by atoms with Gasteiger partial charge in [0.25, 0.3) is 5.91 Å². The Morgan fingerprint density at radius 2 is 1.59 bits per heavy atom. The molecule has 2 heterocycles. The molecule has 0 radical (unpaired) electrons. The highest BCUT2D eigenvalue weighted by Gasteiger charge is 2.44. The Kier molecular flexibility index (Phi) is 12.7. The van der Waals surface area contributed by atoms with E-state index in [-0.39, 0.29) is 17.7 Å². The fourth-order valence-corrected chi connectivity index (χ4v) is 7.27. The second kappa shape index (κ2) is 17.1. The Labute approximate surface area is 275 Å². The van der Waals surface area contributed by atoms with Gasteiger partial charge in [0.1, 0.15) is 11.6 Å². The third-order valence-corrected chi connectivity index (χ3v) is 10.3. The predicted octanol–water partition coefficient (Wildman–Crippen LogP) is 5.05. The molecule has 46 heavy (non-hydrogen) atoms. The van der Waals surface area contributed by atoms with Crippen LogP contribution < -0.4 is 16.0 Å². The smallest absolute Gasteiger partial charge is 0.252 e. The minimum absolute atomic E-state index is 0.163. The number of piperidine rings is 1. The molecule has 3 aliphatic rings. The van der Waals surface area contributed by atoms with Gasteiger partial charge in [0.2, 0.25) is 11.8 Å². The van der Waals surface area contributed by atoms with E-state index in [1.165, 1.54) is 5.56 Å². The topological polar surface area (TPSA) is 99.8 Å². The van der Waals surface area contributed by atoms with Gasteiger partial charge in [-0.1, -0.05) is 68.7 Å². The van der Waals surface area contributed by atoms with Gasteiger partial charge < -0.3 is 25.6 Å². The van der Waals surface area contributed by atoms with E-state index in [1.807, 2.05) is 54.6 Å². The fourth-order valence-electron chi connectivity index (χ4n) is 7.27. The quantitative estimate of drug-likeness (QED) is 0.271. The highest BCUT2D eigenvalue weighted by atomic mass is 16.5. The van der Waals surface area contributed by atoms with Gasteiger partial charge in [0.05, 0.1) is 0 Å². The zero-order valence-electron chi connectivity index (χ0n) is 27.7. The van der Waals surface area contributed by atoms with E-state index in [2.05, 4.69) is 27.8 Å². The summed E-state index contributed by atoms with van der Waals surface area (Å²) in [5.41, 5.74) is 1.72. The SMILES string of the molecule is CCCCc1ccc(C(=O)NC2(C(=O)N[C@@H](Cc3ccccc3)C(=O)NCC3CCN(CC4CCOCC4)CC3)CCCC2)cc1. The number of hydrogen-bond acceptors (Lipinski definition) is 5. The van der Waals surface area contributed by atoms with Crippen LogP contribution in [0.1, 0.15) is 92.6 Å². The van der Waals surface area contributed by atoms with Crippen LogP contribution in [0.15, 0.2) is 54.6 Å². The number of ether oxygens (including phenoxy) is 1. The third kappa shape index (κ3) is 9.64. The Morgan fingerprint density at radius 3 is 2.26 bits per heavy atom. The lowest BCUT2D eigenvalue weighted by Gasteiger charge is -2.35. The van der Waals surface area contributed by atoms with Crippen molar-refractivity contribution < 1.29 is 19.1 Å². The summed E-state index contributed by atoms with van der Waals surface area (Å²) in [6, 6.07) is 16.8. The zero-order valence-corrected chi connectivity index (χ0v) is 27.7. The van der Waals surface area contributed by atoms with Crippen LogP contribution in [0.4, 0.5) is 0 Å². The van der Waals surface area contributed by atoms with Crippen LogP contribution in [0.3, 0.4) is 0 Å². The molecule has 0 spiro atoms. The Bertz CT molecular complexity index is 1250. The first kappa shape index (κ1) is 34.1. The number of carbonyl (C=O) groups is 3. The molecule has 250 valence electrons. The number of carbonyl (C=O) groups excluding carboxylic acids is 3. The van der Waals surface area contributed by atoms with Gasteiger partial charge in [-0.3, -0.25) is 14.4 Å². The average molecular weight is 631 g/mol. The van der Waals surface area contributed by atoms with E-state index < -0.39 is 11.6 Å². The number of unbranched alkanes of at least 4 members (excludes halogenated alkanes) is 1. The van der Waals surface area contributed by atoms with Crippen LogP contribution in [0.2, 0.25) is 0 Å². The van der Waals surface area contributed by atoms with Gasteiger partial charge in [0.15, 0.2) is 0 Å². The van der Waals surface area contributed by atoms with Crippen molar-refractivity contribution in [3.63, 3.8) is 0 Å². The minimum Gasteiger partial charge on any atom is -0.381 e. The number of hydrogen-bond donors (Lipinski definition) is 3. The lowest BCUT2D eigenvalue weighted by atomic mass is 9.93. The molecular weight excluding hydrogens is 576 g/mol. The van der Waals surface area contributed by atoms with Crippen LogP contribution >= 0.6 is 0 Å². The summed E-state index contributed by atoms with van der Waals surface area (Å²) in [4.78, 5) is 43.6. The van der Waals surface area contributed by atoms with Gasteiger partial charge >= 0.3 is 0 Å². The van der Waals surface area contributed by atoms with E-state index in [4.69, 9.17) is 4.74 Å². The Hall–Kier alpha value is -3.23. The number of rotatable bonds is 14. The van der Waals surface area contributed by atoms with Gasteiger partial charge in [-0.05, 0) is 99.6 Å². The first-order valence-electron chi connectivity index (χ1n) is 17.8. The summed E-state index contributed by atoms with van der Waals surface area (Å²) in [6.45, 7) is 7.82. The molecule has 1 aliphatic carbocycles. The number of benzene rings is 2. The number of nitrogens with zero attached hydrogens (tertiary/aromatic N) is 1. The number of amides is 3. The molecule has 2 aliphatic heterocycles. The first-order valence-corrected chi connectivity index (χ1v) is 17.8. The molecule has 1 saturated carbocycles. The largest absolute Gasteiger partial charge is 0.381 e. The summed E-state index contributed by atoms with van der Waals surface area (Å²) in [5.74, 6) is 0.485. The highest BCUT2D eigenvalue weighted by Crippen LogP contribution is 2.31. The van der Waals surface area contributed by atoms with Gasteiger partial charge in [-0.2, -0.15) is 0 Å². The van der Waals surface area contributed by atoms with E-state index in [0.717, 1.165) is 102 Å². The molecule has 2 saturated heterocycles. The van der Waals surface area contributed by atoms with Crippen molar-refractivity contribution in [2.45, 2.75) is 95.6 Å². The van der Waals surface area contributed by atoms with E-state index in [1.54, 1.807) is 0 Å². The van der Waals surface area contributed by atoms with Crippen molar-refractivity contribution in [2.24, 2.45) is 11.8 Å². The first-order chi connectivity index (χ1) is 22.4. The van der Waals surface area contributed by atoms with Gasteiger partial charge in [0, 0.05) is 38.3 Å². The summed E-state index contributed by atoms with van der Waals surface area (Å²) >= 11 is 0. The van der Waals surface area contributed by atoms with Crippen LogP contribution in [-0.2, 0) is 27.2 Å². The second-order valence-corrected chi connectivity index (χ2v) is 13.8. The molecule has 8 nitrogen and oxygen atoms in total. The second-order valence-electron chi connectivity index (χ2n) is 13.8. The maximum absolute atomic E-state index is 14.0. The Morgan fingerprint density at radius 1 is 0.891 bits per heavy atom. The van der Waals surface area contributed by atoms with Crippen molar-refractivity contribution in [1.29, 1.82) is 0 Å². The molecule has 8 heteroatoms. The predicted molar refractivity (Wildman–Crippen MR) is 182 cm³/mol. The van der Waals surface area contributed by atoms with Gasteiger partial charge in [-0.15, -0.1) is 0 Å². The van der Waals surface area contributed by atoms with E-state index in [9.17, 15) is 14.4 Å². The molecule has 2 aromatic carbocycles. The Balaban J connectivity index is 1.18. The van der Waals surface area contributed by atoms with Gasteiger partial charge in [-0.25, -0.2) is 0 Å². The summed E-state index contributed by atoms with van der Waals surface area (Å²) in [5, 5.41) is 9.38. The number of aryl methyl sites for hydroxylation is 1. The molecule has 3 amide bonds. The fraction of sp³-hybridized carbons (Fsp3) is 0.605. The molecule has 3 N–H and O–H groups in total. The van der Waals surface area contributed by atoms with Crippen molar-refractivity contribution >= 4 is 17.7 Å². The van der Waals surface area contributed by atoms with Crippen molar-refractivity contribution in [2.75, 3.05) is 39.4 Å². The zero-order chi connectivity index (χ0) is 32.2. The minimum atomic E-state index is -1.02. The molecule has 0 unspecified atom stereocenters. The van der Waals surface area contributed by atoms with E-state index >= 15 is 0 Å².